The summed E-state index contributed by atoms with van der Waals surface area (Å²) in [4.78, 5) is 4.00. The van der Waals surface area contributed by atoms with Crippen LogP contribution in [0.15, 0.2) is 42.7 Å². The second-order valence-electron chi connectivity index (χ2n) is 3.53. The van der Waals surface area contributed by atoms with Crippen molar-refractivity contribution in [2.24, 2.45) is 0 Å². The maximum atomic E-state index is 5.81. The van der Waals surface area contributed by atoms with Crippen LogP contribution in [-0.2, 0) is 12.5 Å². The summed E-state index contributed by atoms with van der Waals surface area (Å²) in [6.07, 6.45) is 3.40. The maximum absolute atomic E-state index is 5.81. The van der Waals surface area contributed by atoms with Gasteiger partial charge in [-0.15, -0.1) is 11.6 Å². The summed E-state index contributed by atoms with van der Waals surface area (Å²) in [5, 5.41) is 0.721. The van der Waals surface area contributed by atoms with Crippen LogP contribution in [0.4, 0.5) is 0 Å². The van der Waals surface area contributed by atoms with E-state index in [9.17, 15) is 0 Å². The van der Waals surface area contributed by atoms with Crippen molar-refractivity contribution in [3.05, 3.63) is 58.9 Å². The zero-order chi connectivity index (χ0) is 12.1. The molecule has 0 amide bonds. The van der Waals surface area contributed by atoms with E-state index in [1.165, 1.54) is 0 Å². The number of pyridine rings is 1. The normalized spacial score (nSPS) is 10.2. The second-order valence-corrected chi connectivity index (χ2v) is 4.24. The molecule has 1 aromatic carbocycles. The molecule has 2 aromatic rings. The lowest BCUT2D eigenvalue weighted by molar-refractivity contribution is 0.303. The van der Waals surface area contributed by atoms with Gasteiger partial charge in [-0.1, -0.05) is 23.7 Å². The Kier molecular flexibility index (Phi) is 4.24. The molecule has 1 heterocycles. The van der Waals surface area contributed by atoms with Crippen LogP contribution in [0.2, 0.25) is 5.02 Å². The molecule has 0 spiro atoms. The van der Waals surface area contributed by atoms with E-state index in [4.69, 9.17) is 27.9 Å². The summed E-state index contributed by atoms with van der Waals surface area (Å²) in [5.74, 6) is 1.16. The van der Waals surface area contributed by atoms with Crippen molar-refractivity contribution in [1.29, 1.82) is 0 Å². The Bertz CT molecular complexity index is 485. The van der Waals surface area contributed by atoms with Crippen molar-refractivity contribution < 1.29 is 4.74 Å². The third-order valence-corrected chi connectivity index (χ3v) is 2.85. The van der Waals surface area contributed by atoms with E-state index < -0.39 is 0 Å². The topological polar surface area (TPSA) is 22.1 Å². The Labute approximate surface area is 110 Å². The number of alkyl halides is 1. The molecule has 0 bridgehead atoms. The van der Waals surface area contributed by atoms with Gasteiger partial charge in [-0.2, -0.15) is 0 Å². The molecule has 2 nitrogen and oxygen atoms in total. The Morgan fingerprint density at radius 1 is 1.12 bits per heavy atom. The number of nitrogens with zero attached hydrogens (tertiary/aromatic N) is 1. The van der Waals surface area contributed by atoms with Crippen molar-refractivity contribution in [2.75, 3.05) is 0 Å². The molecule has 0 fully saturated rings. The molecule has 0 aliphatic carbocycles. The number of ether oxygens (including phenoxy) is 1. The van der Waals surface area contributed by atoms with Gasteiger partial charge >= 0.3 is 0 Å². The Hall–Kier alpha value is -1.25. The van der Waals surface area contributed by atoms with Crippen LogP contribution in [0.5, 0.6) is 5.75 Å². The van der Waals surface area contributed by atoms with Crippen molar-refractivity contribution in [3.63, 3.8) is 0 Å². The number of halogens is 2. The fourth-order valence-corrected chi connectivity index (χ4v) is 1.72. The fourth-order valence-electron chi connectivity index (χ4n) is 1.40. The van der Waals surface area contributed by atoms with Crippen molar-refractivity contribution in [2.45, 2.75) is 12.5 Å². The minimum Gasteiger partial charge on any atom is -0.488 e. The lowest BCUT2D eigenvalue weighted by Gasteiger charge is -2.09. The van der Waals surface area contributed by atoms with E-state index >= 15 is 0 Å². The van der Waals surface area contributed by atoms with Crippen LogP contribution >= 0.6 is 23.2 Å². The molecule has 0 aliphatic rings. The number of rotatable bonds is 4. The predicted molar refractivity (Wildman–Crippen MR) is 69.6 cm³/mol. The molecular formula is C13H11Cl2NO. The molecule has 0 N–H and O–H groups in total. The molecule has 1 aromatic heterocycles. The van der Waals surface area contributed by atoms with Gasteiger partial charge in [-0.25, -0.2) is 0 Å². The Balaban J connectivity index is 2.04. The Morgan fingerprint density at radius 2 is 1.88 bits per heavy atom. The maximum Gasteiger partial charge on any atom is 0.127 e. The zero-order valence-electron chi connectivity index (χ0n) is 9.07. The van der Waals surface area contributed by atoms with Gasteiger partial charge in [0.05, 0.1) is 5.88 Å². The van der Waals surface area contributed by atoms with E-state index in [2.05, 4.69) is 4.98 Å². The van der Waals surface area contributed by atoms with Crippen molar-refractivity contribution in [1.82, 2.24) is 4.98 Å². The van der Waals surface area contributed by atoms with Crippen LogP contribution in [-0.4, -0.2) is 4.98 Å². The summed E-state index contributed by atoms with van der Waals surface area (Å²) in [6.45, 7) is 0.491. The van der Waals surface area contributed by atoms with Crippen LogP contribution in [0, 0.1) is 0 Å². The lowest BCUT2D eigenvalue weighted by atomic mass is 10.2. The predicted octanol–water partition coefficient (Wildman–Crippen LogP) is 4.05. The molecule has 2 rings (SSSR count). The first-order valence-electron chi connectivity index (χ1n) is 5.15. The quantitative estimate of drug-likeness (QED) is 0.780. The summed E-state index contributed by atoms with van der Waals surface area (Å²) in [5.41, 5.74) is 1.95. The molecule has 0 aliphatic heterocycles. The van der Waals surface area contributed by atoms with Gasteiger partial charge in [0, 0.05) is 23.0 Å². The van der Waals surface area contributed by atoms with Crippen LogP contribution < -0.4 is 4.74 Å². The molecule has 0 unspecified atom stereocenters. The van der Waals surface area contributed by atoms with E-state index in [1.807, 2.05) is 30.3 Å². The monoisotopic (exact) mass is 267 g/mol. The van der Waals surface area contributed by atoms with E-state index in [0.29, 0.717) is 12.5 Å². The van der Waals surface area contributed by atoms with Crippen LogP contribution in [0.1, 0.15) is 11.1 Å². The van der Waals surface area contributed by atoms with Gasteiger partial charge in [0.25, 0.3) is 0 Å². The minimum atomic E-state index is 0.393. The molecule has 4 heteroatoms. The van der Waals surface area contributed by atoms with E-state index in [-0.39, 0.29) is 0 Å². The summed E-state index contributed by atoms with van der Waals surface area (Å²) < 4.78 is 5.69. The van der Waals surface area contributed by atoms with Gasteiger partial charge in [0.15, 0.2) is 0 Å². The second kappa shape index (κ2) is 5.89. The standard InChI is InChI=1S/C13H11Cl2NO/c14-7-11-8-16-6-5-13(11)17-9-10-1-3-12(15)4-2-10/h1-6,8H,7,9H2. The zero-order valence-corrected chi connectivity index (χ0v) is 10.6. The van der Waals surface area contributed by atoms with E-state index in [1.54, 1.807) is 12.4 Å². The first kappa shape index (κ1) is 12.2. The first-order valence-corrected chi connectivity index (χ1v) is 6.07. The summed E-state index contributed by atoms with van der Waals surface area (Å²) >= 11 is 11.6. The highest BCUT2D eigenvalue weighted by molar-refractivity contribution is 6.30. The number of hydrogen-bond acceptors (Lipinski definition) is 2. The van der Waals surface area contributed by atoms with Crippen molar-refractivity contribution in [3.8, 4) is 5.75 Å². The van der Waals surface area contributed by atoms with Crippen LogP contribution in [0.3, 0.4) is 0 Å². The Morgan fingerprint density at radius 3 is 2.59 bits per heavy atom. The number of aromatic nitrogens is 1. The third kappa shape index (κ3) is 3.35. The number of benzene rings is 1. The fraction of sp³-hybridized carbons (Fsp3) is 0.154. The van der Waals surface area contributed by atoms with Gasteiger partial charge < -0.3 is 4.74 Å². The summed E-state index contributed by atoms with van der Waals surface area (Å²) in [6, 6.07) is 9.37. The first-order chi connectivity index (χ1) is 8.29. The highest BCUT2D eigenvalue weighted by Crippen LogP contribution is 2.20. The van der Waals surface area contributed by atoms with Gasteiger partial charge in [0.2, 0.25) is 0 Å². The summed E-state index contributed by atoms with van der Waals surface area (Å²) in [7, 11) is 0. The third-order valence-electron chi connectivity index (χ3n) is 2.31. The molecule has 0 saturated heterocycles. The smallest absolute Gasteiger partial charge is 0.127 e. The molecular weight excluding hydrogens is 257 g/mol. The number of hydrogen-bond donors (Lipinski definition) is 0. The largest absolute Gasteiger partial charge is 0.488 e. The van der Waals surface area contributed by atoms with Gasteiger partial charge in [0.1, 0.15) is 12.4 Å². The highest BCUT2D eigenvalue weighted by atomic mass is 35.5. The average Bonchev–Trinajstić information content (AvgIpc) is 2.38. The molecule has 0 radical (unpaired) electrons. The molecule has 0 saturated carbocycles. The van der Waals surface area contributed by atoms with E-state index in [0.717, 1.165) is 21.9 Å². The molecule has 88 valence electrons. The minimum absolute atomic E-state index is 0.393. The highest BCUT2D eigenvalue weighted by Gasteiger charge is 2.02. The molecule has 0 atom stereocenters. The SMILES string of the molecule is ClCc1cnccc1OCc1ccc(Cl)cc1. The van der Waals surface area contributed by atoms with Crippen molar-refractivity contribution >= 4 is 23.2 Å². The molecule has 17 heavy (non-hydrogen) atoms. The van der Waals surface area contributed by atoms with Gasteiger partial charge in [-0.05, 0) is 23.8 Å². The lowest BCUT2D eigenvalue weighted by Crippen LogP contribution is -1.98. The van der Waals surface area contributed by atoms with Crippen LogP contribution in [0.25, 0.3) is 0 Å². The average molecular weight is 268 g/mol. The van der Waals surface area contributed by atoms with Gasteiger partial charge in [-0.3, -0.25) is 4.98 Å².